The van der Waals surface area contributed by atoms with E-state index in [1.165, 1.54) is 30.4 Å². The summed E-state index contributed by atoms with van der Waals surface area (Å²) in [7, 11) is 2.27. The van der Waals surface area contributed by atoms with Crippen molar-refractivity contribution in [3.8, 4) is 0 Å². The molecule has 132 valence electrons. The lowest BCUT2D eigenvalue weighted by molar-refractivity contribution is 0.277. The molecule has 3 fully saturated rings. The van der Waals surface area contributed by atoms with Crippen LogP contribution in [0.5, 0.6) is 0 Å². The van der Waals surface area contributed by atoms with Crippen LogP contribution in [-0.2, 0) is 0 Å². The minimum absolute atomic E-state index is 0.491. The number of fused-ring (bicyclic) bond motifs is 1. The van der Waals surface area contributed by atoms with Crippen molar-refractivity contribution < 1.29 is 4.42 Å². The van der Waals surface area contributed by atoms with Gasteiger partial charge in [0, 0.05) is 37.5 Å². The highest BCUT2D eigenvalue weighted by molar-refractivity contribution is 5.35. The lowest BCUT2D eigenvalue weighted by atomic mass is 9.85. The van der Waals surface area contributed by atoms with E-state index in [9.17, 15) is 0 Å². The van der Waals surface area contributed by atoms with Crippen LogP contribution in [-0.4, -0.2) is 41.8 Å². The Labute approximate surface area is 149 Å². The molecule has 0 spiro atoms. The van der Waals surface area contributed by atoms with E-state index in [2.05, 4.69) is 58.2 Å². The molecule has 0 unspecified atom stereocenters. The van der Waals surface area contributed by atoms with Crippen molar-refractivity contribution in [1.29, 1.82) is 0 Å². The smallest absolute Gasteiger partial charge is 0.318 e. The molecule has 2 saturated heterocycles. The molecule has 0 bridgehead atoms. The molecule has 1 aliphatic carbocycles. The summed E-state index contributed by atoms with van der Waals surface area (Å²) in [6, 6.07) is 10.0. The predicted molar refractivity (Wildman–Crippen MR) is 96.6 cm³/mol. The summed E-state index contributed by atoms with van der Waals surface area (Å²) in [6.45, 7) is 5.42. The maximum atomic E-state index is 6.02. The normalized spacial score (nSPS) is 29.8. The molecule has 5 rings (SSSR count). The molecule has 3 atom stereocenters. The molecule has 0 amide bonds. The van der Waals surface area contributed by atoms with Gasteiger partial charge >= 0.3 is 6.01 Å². The molecular formula is C20H26N4O. The van der Waals surface area contributed by atoms with Gasteiger partial charge < -0.3 is 9.32 Å². The zero-order chi connectivity index (χ0) is 17.0. The fourth-order valence-electron chi connectivity index (χ4n) is 4.97. The van der Waals surface area contributed by atoms with Crippen LogP contribution in [0.4, 0.5) is 6.01 Å². The van der Waals surface area contributed by atoms with Crippen LogP contribution in [0, 0.1) is 18.8 Å². The molecule has 3 aliphatic rings. The minimum Gasteiger partial charge on any atom is -0.408 e. The maximum Gasteiger partial charge on any atom is 0.318 e. The monoisotopic (exact) mass is 338 g/mol. The first-order valence-electron chi connectivity index (χ1n) is 9.55. The number of anilines is 1. The number of hydrogen-bond donors (Lipinski definition) is 0. The Morgan fingerprint density at radius 1 is 1.08 bits per heavy atom. The van der Waals surface area contributed by atoms with E-state index in [1.807, 2.05) is 0 Å². The molecule has 0 N–H and O–H groups in total. The van der Waals surface area contributed by atoms with E-state index in [4.69, 9.17) is 4.42 Å². The van der Waals surface area contributed by atoms with Gasteiger partial charge in [-0.1, -0.05) is 35.8 Å². The van der Waals surface area contributed by atoms with E-state index in [0.29, 0.717) is 23.8 Å². The van der Waals surface area contributed by atoms with Crippen LogP contribution < -0.4 is 4.90 Å². The zero-order valence-electron chi connectivity index (χ0n) is 15.1. The van der Waals surface area contributed by atoms with Crippen molar-refractivity contribution in [3.05, 3.63) is 41.3 Å². The fourth-order valence-corrected chi connectivity index (χ4v) is 4.97. The van der Waals surface area contributed by atoms with Gasteiger partial charge in [0.15, 0.2) is 0 Å². The molecule has 25 heavy (non-hydrogen) atoms. The Morgan fingerprint density at radius 2 is 1.92 bits per heavy atom. The van der Waals surface area contributed by atoms with Gasteiger partial charge in [-0.05, 0) is 43.9 Å². The number of aromatic nitrogens is 2. The van der Waals surface area contributed by atoms with Crippen LogP contribution in [0.15, 0.2) is 28.7 Å². The summed E-state index contributed by atoms with van der Waals surface area (Å²) in [5.74, 6) is 2.67. The lowest BCUT2D eigenvalue weighted by Gasteiger charge is -2.27. The van der Waals surface area contributed by atoms with Crippen molar-refractivity contribution >= 4 is 6.01 Å². The molecule has 2 aliphatic heterocycles. The van der Waals surface area contributed by atoms with E-state index in [-0.39, 0.29) is 0 Å². The Morgan fingerprint density at radius 3 is 2.68 bits per heavy atom. The highest BCUT2D eigenvalue weighted by Gasteiger charge is 2.47. The minimum atomic E-state index is 0.491. The summed E-state index contributed by atoms with van der Waals surface area (Å²) < 4.78 is 6.02. The van der Waals surface area contributed by atoms with E-state index < -0.39 is 0 Å². The number of nitrogens with zero attached hydrogens (tertiary/aromatic N) is 4. The molecule has 2 aromatic rings. The molecule has 5 nitrogen and oxygen atoms in total. The SMILES string of the molecule is Cc1ccccc1[C@H]1[C@@H]2CN(c3nnc(C4CCC4)o3)C[C@@H]2CN1C. The highest BCUT2D eigenvalue weighted by atomic mass is 16.4. The zero-order valence-corrected chi connectivity index (χ0v) is 15.1. The van der Waals surface area contributed by atoms with Crippen LogP contribution in [0.3, 0.4) is 0 Å². The maximum absolute atomic E-state index is 6.02. The van der Waals surface area contributed by atoms with Crippen LogP contribution in [0.1, 0.15) is 48.2 Å². The van der Waals surface area contributed by atoms with Crippen molar-refractivity contribution in [2.45, 2.75) is 38.1 Å². The first-order valence-corrected chi connectivity index (χ1v) is 9.55. The molecule has 1 saturated carbocycles. The van der Waals surface area contributed by atoms with E-state index >= 15 is 0 Å². The molecule has 1 aromatic carbocycles. The van der Waals surface area contributed by atoms with Crippen molar-refractivity contribution in [1.82, 2.24) is 15.1 Å². The van der Waals surface area contributed by atoms with Crippen LogP contribution in [0.2, 0.25) is 0 Å². The third kappa shape index (κ3) is 2.48. The first-order chi connectivity index (χ1) is 12.2. The second-order valence-electron chi connectivity index (χ2n) is 8.12. The van der Waals surface area contributed by atoms with Gasteiger partial charge in [-0.2, -0.15) is 0 Å². The Kier molecular flexibility index (Phi) is 3.59. The second kappa shape index (κ2) is 5.84. The van der Waals surface area contributed by atoms with Gasteiger partial charge in [-0.3, -0.25) is 4.90 Å². The number of benzene rings is 1. The predicted octanol–water partition coefficient (Wildman–Crippen LogP) is 3.38. The average molecular weight is 338 g/mol. The van der Waals surface area contributed by atoms with E-state index in [0.717, 1.165) is 31.5 Å². The third-order valence-electron chi connectivity index (χ3n) is 6.56. The topological polar surface area (TPSA) is 45.4 Å². The largest absolute Gasteiger partial charge is 0.408 e. The summed E-state index contributed by atoms with van der Waals surface area (Å²) >= 11 is 0. The number of rotatable bonds is 3. The number of aryl methyl sites for hydroxylation is 1. The summed E-state index contributed by atoms with van der Waals surface area (Å²) in [5.41, 5.74) is 2.86. The quantitative estimate of drug-likeness (QED) is 0.858. The molecule has 0 radical (unpaired) electrons. The summed E-state index contributed by atoms with van der Waals surface area (Å²) in [6.07, 6.45) is 3.70. The Balaban J connectivity index is 1.37. The molecule has 5 heteroatoms. The Hall–Kier alpha value is -1.88. The molecule has 3 heterocycles. The fraction of sp³-hybridized carbons (Fsp3) is 0.600. The van der Waals surface area contributed by atoms with Gasteiger partial charge in [0.1, 0.15) is 0 Å². The van der Waals surface area contributed by atoms with Gasteiger partial charge in [0.25, 0.3) is 0 Å². The third-order valence-corrected chi connectivity index (χ3v) is 6.56. The van der Waals surface area contributed by atoms with Gasteiger partial charge in [-0.25, -0.2) is 0 Å². The van der Waals surface area contributed by atoms with Crippen LogP contribution >= 0.6 is 0 Å². The molecular weight excluding hydrogens is 312 g/mol. The van der Waals surface area contributed by atoms with E-state index in [1.54, 1.807) is 0 Å². The highest BCUT2D eigenvalue weighted by Crippen LogP contribution is 2.46. The standard InChI is InChI=1S/C20H26N4O/c1-13-6-3-4-9-16(13)18-17-12-24(11-15(17)10-23(18)2)20-22-21-19(25-20)14-7-5-8-14/h3-4,6,9,14-15,17-18H,5,7-8,10-12H2,1-2H3/t15-,17+,18-/m0/s1. The van der Waals surface area contributed by atoms with Crippen LogP contribution in [0.25, 0.3) is 0 Å². The lowest BCUT2D eigenvalue weighted by Crippen LogP contribution is -2.29. The summed E-state index contributed by atoms with van der Waals surface area (Å²) in [5, 5.41) is 8.67. The first kappa shape index (κ1) is 15.4. The second-order valence-corrected chi connectivity index (χ2v) is 8.12. The number of likely N-dealkylation sites (tertiary alicyclic amines) is 1. The van der Waals surface area contributed by atoms with Gasteiger partial charge in [-0.15, -0.1) is 5.10 Å². The van der Waals surface area contributed by atoms with Crippen molar-refractivity contribution in [2.24, 2.45) is 11.8 Å². The van der Waals surface area contributed by atoms with Crippen molar-refractivity contribution in [3.63, 3.8) is 0 Å². The van der Waals surface area contributed by atoms with Gasteiger partial charge in [0.05, 0.1) is 0 Å². The average Bonchev–Trinajstić information content (AvgIpc) is 3.21. The van der Waals surface area contributed by atoms with Crippen molar-refractivity contribution in [2.75, 3.05) is 31.6 Å². The summed E-state index contributed by atoms with van der Waals surface area (Å²) in [4.78, 5) is 4.85. The number of hydrogen-bond acceptors (Lipinski definition) is 5. The molecule has 1 aromatic heterocycles. The Bertz CT molecular complexity index is 769. The van der Waals surface area contributed by atoms with Gasteiger partial charge in [0.2, 0.25) is 5.89 Å².